The molecule has 1 heterocycles. The SMILES string of the molecule is COc1cc(OC)cc(C(NC(=O)CSc2ccc(Cl)cc2)c2nccn2C)c1. The Balaban J connectivity index is 1.82. The van der Waals surface area contributed by atoms with E-state index in [1.54, 1.807) is 38.6 Å². The number of aryl methyl sites for hydroxylation is 1. The smallest absolute Gasteiger partial charge is 0.231 e. The Morgan fingerprint density at radius 3 is 2.38 bits per heavy atom. The van der Waals surface area contributed by atoms with Crippen molar-refractivity contribution in [3.8, 4) is 11.5 Å². The molecular formula is C21H22ClN3O3S. The molecule has 0 aliphatic rings. The number of aromatic nitrogens is 2. The average Bonchev–Trinajstić information content (AvgIpc) is 3.16. The van der Waals surface area contributed by atoms with Crippen LogP contribution in [-0.4, -0.2) is 35.4 Å². The highest BCUT2D eigenvalue weighted by Crippen LogP contribution is 2.30. The maximum absolute atomic E-state index is 12.7. The van der Waals surface area contributed by atoms with E-state index in [4.69, 9.17) is 21.1 Å². The predicted molar refractivity (Wildman–Crippen MR) is 115 cm³/mol. The van der Waals surface area contributed by atoms with Gasteiger partial charge in [-0.05, 0) is 42.0 Å². The molecular weight excluding hydrogens is 410 g/mol. The first-order valence-corrected chi connectivity index (χ1v) is 10.2. The summed E-state index contributed by atoms with van der Waals surface area (Å²) in [5, 5.41) is 3.75. The van der Waals surface area contributed by atoms with E-state index >= 15 is 0 Å². The van der Waals surface area contributed by atoms with Crippen molar-refractivity contribution in [2.45, 2.75) is 10.9 Å². The molecule has 1 atom stereocenters. The fourth-order valence-corrected chi connectivity index (χ4v) is 3.67. The van der Waals surface area contributed by atoms with E-state index in [0.717, 1.165) is 10.5 Å². The van der Waals surface area contributed by atoms with Crippen molar-refractivity contribution in [2.75, 3.05) is 20.0 Å². The van der Waals surface area contributed by atoms with Gasteiger partial charge in [-0.25, -0.2) is 4.98 Å². The number of hydrogen-bond donors (Lipinski definition) is 1. The molecule has 3 rings (SSSR count). The monoisotopic (exact) mass is 431 g/mol. The third kappa shape index (κ3) is 5.46. The number of methoxy groups -OCH3 is 2. The minimum absolute atomic E-state index is 0.111. The first kappa shape index (κ1) is 21.1. The van der Waals surface area contributed by atoms with E-state index in [1.165, 1.54) is 11.8 Å². The largest absolute Gasteiger partial charge is 0.497 e. The van der Waals surface area contributed by atoms with Crippen molar-refractivity contribution >= 4 is 29.3 Å². The van der Waals surface area contributed by atoms with E-state index in [2.05, 4.69) is 10.3 Å². The number of carbonyl (C=O) groups is 1. The molecule has 0 aliphatic carbocycles. The number of nitrogens with one attached hydrogen (secondary N) is 1. The number of rotatable bonds is 8. The lowest BCUT2D eigenvalue weighted by Crippen LogP contribution is -2.32. The van der Waals surface area contributed by atoms with Crippen LogP contribution in [-0.2, 0) is 11.8 Å². The number of benzene rings is 2. The van der Waals surface area contributed by atoms with Gasteiger partial charge in [-0.15, -0.1) is 11.8 Å². The van der Waals surface area contributed by atoms with E-state index in [-0.39, 0.29) is 11.7 Å². The van der Waals surface area contributed by atoms with Crippen LogP contribution in [0.3, 0.4) is 0 Å². The molecule has 0 saturated heterocycles. The molecule has 1 N–H and O–H groups in total. The van der Waals surface area contributed by atoms with Gasteiger partial charge in [0.15, 0.2) is 0 Å². The molecule has 0 fully saturated rings. The van der Waals surface area contributed by atoms with Crippen LogP contribution >= 0.6 is 23.4 Å². The van der Waals surface area contributed by atoms with Gasteiger partial charge < -0.3 is 19.4 Å². The Bertz CT molecular complexity index is 953. The minimum Gasteiger partial charge on any atom is -0.497 e. The van der Waals surface area contributed by atoms with E-state index in [1.807, 2.05) is 42.1 Å². The Morgan fingerprint density at radius 1 is 1.17 bits per heavy atom. The molecule has 6 nitrogen and oxygen atoms in total. The number of carbonyl (C=O) groups excluding carboxylic acids is 1. The first-order valence-electron chi connectivity index (χ1n) is 8.88. The predicted octanol–water partition coefficient (Wildman–Crippen LogP) is 4.09. The van der Waals surface area contributed by atoms with Crippen molar-refractivity contribution in [3.05, 3.63) is 71.3 Å². The van der Waals surface area contributed by atoms with E-state index < -0.39 is 6.04 Å². The van der Waals surface area contributed by atoms with Gasteiger partial charge in [0.1, 0.15) is 23.4 Å². The zero-order valence-corrected chi connectivity index (χ0v) is 18.0. The number of nitrogens with zero attached hydrogens (tertiary/aromatic N) is 2. The van der Waals surface area contributed by atoms with Gasteiger partial charge in [0, 0.05) is 35.4 Å². The minimum atomic E-state index is -0.447. The zero-order valence-electron chi connectivity index (χ0n) is 16.4. The molecule has 2 aromatic carbocycles. The van der Waals surface area contributed by atoms with Crippen molar-refractivity contribution in [1.29, 1.82) is 0 Å². The second-order valence-electron chi connectivity index (χ2n) is 6.29. The maximum atomic E-state index is 12.7. The number of imidazole rings is 1. The lowest BCUT2D eigenvalue weighted by atomic mass is 10.0. The summed E-state index contributed by atoms with van der Waals surface area (Å²) in [5.41, 5.74) is 0.820. The van der Waals surface area contributed by atoms with Crippen molar-refractivity contribution < 1.29 is 14.3 Å². The zero-order chi connectivity index (χ0) is 20.8. The van der Waals surface area contributed by atoms with Gasteiger partial charge in [-0.3, -0.25) is 4.79 Å². The summed E-state index contributed by atoms with van der Waals surface area (Å²) in [6.45, 7) is 0. The maximum Gasteiger partial charge on any atom is 0.231 e. The highest BCUT2D eigenvalue weighted by atomic mass is 35.5. The van der Waals surface area contributed by atoms with E-state index in [0.29, 0.717) is 22.3 Å². The molecule has 1 aromatic heterocycles. The Hall–Kier alpha value is -2.64. The number of hydrogen-bond acceptors (Lipinski definition) is 5. The van der Waals surface area contributed by atoms with Crippen LogP contribution in [0.2, 0.25) is 5.02 Å². The van der Waals surface area contributed by atoms with Gasteiger partial charge in [0.05, 0.1) is 20.0 Å². The van der Waals surface area contributed by atoms with Gasteiger partial charge >= 0.3 is 0 Å². The molecule has 0 aliphatic heterocycles. The second kappa shape index (κ2) is 9.71. The molecule has 152 valence electrons. The molecule has 1 unspecified atom stereocenters. The number of amides is 1. The lowest BCUT2D eigenvalue weighted by molar-refractivity contribution is -0.119. The Kier molecular flexibility index (Phi) is 7.06. The highest BCUT2D eigenvalue weighted by molar-refractivity contribution is 8.00. The van der Waals surface area contributed by atoms with Crippen LogP contribution < -0.4 is 14.8 Å². The van der Waals surface area contributed by atoms with Crippen molar-refractivity contribution in [2.24, 2.45) is 7.05 Å². The van der Waals surface area contributed by atoms with Crippen LogP contribution in [0.5, 0.6) is 11.5 Å². The summed E-state index contributed by atoms with van der Waals surface area (Å²) in [6.07, 6.45) is 3.54. The Labute approximate surface area is 179 Å². The normalized spacial score (nSPS) is 11.7. The molecule has 8 heteroatoms. The molecule has 1 amide bonds. The summed E-state index contributed by atoms with van der Waals surface area (Å²) < 4.78 is 12.6. The number of halogens is 1. The fourth-order valence-electron chi connectivity index (χ4n) is 2.83. The summed E-state index contributed by atoms with van der Waals surface area (Å²) >= 11 is 7.36. The lowest BCUT2D eigenvalue weighted by Gasteiger charge is -2.20. The van der Waals surface area contributed by atoms with Crippen LogP contribution in [0.25, 0.3) is 0 Å². The summed E-state index contributed by atoms with van der Waals surface area (Å²) in [6, 6.07) is 12.5. The fraction of sp³-hybridized carbons (Fsp3) is 0.238. The van der Waals surface area contributed by atoms with Crippen LogP contribution in [0.15, 0.2) is 59.8 Å². The molecule has 0 radical (unpaired) electrons. The van der Waals surface area contributed by atoms with Crippen molar-refractivity contribution in [1.82, 2.24) is 14.9 Å². The molecule has 0 bridgehead atoms. The number of thioether (sulfide) groups is 1. The van der Waals surface area contributed by atoms with Crippen LogP contribution in [0, 0.1) is 0 Å². The van der Waals surface area contributed by atoms with Crippen LogP contribution in [0.1, 0.15) is 17.4 Å². The third-order valence-electron chi connectivity index (χ3n) is 4.31. The molecule has 3 aromatic rings. The summed E-state index contributed by atoms with van der Waals surface area (Å²) in [7, 11) is 5.08. The topological polar surface area (TPSA) is 65.4 Å². The first-order chi connectivity index (χ1) is 14.0. The molecule has 29 heavy (non-hydrogen) atoms. The second-order valence-corrected chi connectivity index (χ2v) is 7.77. The standard InChI is InChI=1S/C21H22ClN3O3S/c1-25-9-8-23-21(25)20(14-10-16(27-2)12-17(11-14)28-3)24-19(26)13-29-18-6-4-15(22)5-7-18/h4-12,20H,13H2,1-3H3,(H,24,26). The number of ether oxygens (including phenoxy) is 2. The quantitative estimate of drug-likeness (QED) is 0.544. The van der Waals surface area contributed by atoms with Gasteiger partial charge in [0.25, 0.3) is 0 Å². The average molecular weight is 432 g/mol. The van der Waals surface area contributed by atoms with Gasteiger partial charge in [-0.2, -0.15) is 0 Å². The van der Waals surface area contributed by atoms with Gasteiger partial charge in [0.2, 0.25) is 5.91 Å². The Morgan fingerprint density at radius 2 is 1.83 bits per heavy atom. The van der Waals surface area contributed by atoms with E-state index in [9.17, 15) is 4.79 Å². The highest BCUT2D eigenvalue weighted by Gasteiger charge is 2.22. The molecule has 0 saturated carbocycles. The van der Waals surface area contributed by atoms with Crippen molar-refractivity contribution in [3.63, 3.8) is 0 Å². The van der Waals surface area contributed by atoms with Gasteiger partial charge in [-0.1, -0.05) is 11.6 Å². The summed E-state index contributed by atoms with van der Waals surface area (Å²) in [4.78, 5) is 18.1. The van der Waals surface area contributed by atoms with Crippen LogP contribution in [0.4, 0.5) is 0 Å². The third-order valence-corrected chi connectivity index (χ3v) is 5.58. The summed E-state index contributed by atoms with van der Waals surface area (Å²) in [5.74, 6) is 2.15. The molecule has 0 spiro atoms.